The maximum Gasteiger partial charge on any atom is 0.302 e. The van der Waals surface area contributed by atoms with Crippen LogP contribution in [0.5, 0.6) is 0 Å². The van der Waals surface area contributed by atoms with Crippen LogP contribution in [0.2, 0.25) is 0 Å². The molecule has 0 spiro atoms. The van der Waals surface area contributed by atoms with Gasteiger partial charge in [-0.05, 0) is 81.0 Å². The van der Waals surface area contributed by atoms with Gasteiger partial charge in [-0.3, -0.25) is 9.69 Å². The Balaban J connectivity index is 1.38. The average Bonchev–Trinajstić information content (AvgIpc) is 3.06. The molecule has 2 aliphatic heterocycles. The summed E-state index contributed by atoms with van der Waals surface area (Å²) in [6, 6.07) is -0.332. The van der Waals surface area contributed by atoms with E-state index in [0.717, 1.165) is 13.0 Å². The summed E-state index contributed by atoms with van der Waals surface area (Å²) in [4.78, 5) is 13.8. The van der Waals surface area contributed by atoms with Crippen molar-refractivity contribution in [2.45, 2.75) is 126 Å². The number of fused-ring (bicyclic) bond motifs is 8. The van der Waals surface area contributed by atoms with Crippen molar-refractivity contribution < 1.29 is 40.2 Å². The van der Waals surface area contributed by atoms with Crippen LogP contribution in [0.15, 0.2) is 0 Å². The lowest BCUT2D eigenvalue weighted by atomic mass is 9.49. The van der Waals surface area contributed by atoms with Gasteiger partial charge in [0.2, 0.25) is 0 Å². The van der Waals surface area contributed by atoms with Crippen LogP contribution in [0.25, 0.3) is 0 Å². The first kappa shape index (κ1) is 27.4. The molecular weight excluding hydrogens is 490 g/mol. The maximum atomic E-state index is 12.6. The third-order valence-electron chi connectivity index (χ3n) is 12.9. The normalized spacial score (nSPS) is 60.1. The Bertz CT molecular complexity index is 992. The first-order chi connectivity index (χ1) is 17.6. The lowest BCUT2D eigenvalue weighted by Gasteiger charge is -2.68. The van der Waals surface area contributed by atoms with Crippen molar-refractivity contribution in [2.24, 2.45) is 35.0 Å². The van der Waals surface area contributed by atoms with E-state index in [4.69, 9.17) is 4.74 Å². The van der Waals surface area contributed by atoms with Gasteiger partial charge in [-0.25, -0.2) is 0 Å². The minimum atomic E-state index is -1.96. The molecule has 2 heterocycles. The summed E-state index contributed by atoms with van der Waals surface area (Å²) in [5.41, 5.74) is -7.36. The Morgan fingerprint density at radius 1 is 0.868 bits per heavy atom. The van der Waals surface area contributed by atoms with E-state index in [2.05, 4.69) is 18.7 Å². The first-order valence-electron chi connectivity index (χ1n) is 14.8. The zero-order chi connectivity index (χ0) is 27.6. The van der Waals surface area contributed by atoms with Gasteiger partial charge in [0.15, 0.2) is 0 Å². The molecule has 0 radical (unpaired) electrons. The molecular formula is C29H47NO8. The number of esters is 1. The highest BCUT2D eigenvalue weighted by Crippen LogP contribution is 2.70. The van der Waals surface area contributed by atoms with E-state index in [1.807, 2.05) is 0 Å². The van der Waals surface area contributed by atoms with Crippen molar-refractivity contribution in [3.05, 3.63) is 0 Å². The highest BCUT2D eigenvalue weighted by molar-refractivity contribution is 5.66. The third-order valence-corrected chi connectivity index (χ3v) is 12.9. The van der Waals surface area contributed by atoms with Crippen molar-refractivity contribution in [1.82, 2.24) is 4.90 Å². The molecule has 0 unspecified atom stereocenters. The molecule has 9 heteroatoms. The van der Waals surface area contributed by atoms with E-state index < -0.39 is 58.0 Å². The Morgan fingerprint density at radius 2 is 1.55 bits per heavy atom. The smallest absolute Gasteiger partial charge is 0.302 e. The summed E-state index contributed by atoms with van der Waals surface area (Å²) in [5.74, 6) is -1.55. The summed E-state index contributed by atoms with van der Waals surface area (Å²) in [6.07, 6.45) is 1.25. The van der Waals surface area contributed by atoms with E-state index in [-0.39, 0.29) is 36.6 Å². The molecule has 0 bridgehead atoms. The van der Waals surface area contributed by atoms with Gasteiger partial charge in [0.05, 0.1) is 17.8 Å². The average molecular weight is 538 g/mol. The monoisotopic (exact) mass is 537 g/mol. The number of aliphatic hydroxyl groups excluding tert-OH is 2. The molecule has 4 aliphatic carbocycles. The van der Waals surface area contributed by atoms with Crippen molar-refractivity contribution >= 4 is 5.97 Å². The van der Waals surface area contributed by atoms with Crippen LogP contribution in [0.4, 0.5) is 0 Å². The van der Waals surface area contributed by atoms with Crippen LogP contribution in [0, 0.1) is 35.0 Å². The molecule has 6 rings (SSSR count). The van der Waals surface area contributed by atoms with Crippen LogP contribution in [-0.4, -0.2) is 101 Å². The Labute approximate surface area is 225 Å². The van der Waals surface area contributed by atoms with E-state index in [0.29, 0.717) is 44.6 Å². The molecule has 0 amide bonds. The predicted molar refractivity (Wildman–Crippen MR) is 137 cm³/mol. The summed E-state index contributed by atoms with van der Waals surface area (Å²) in [6.45, 7) is 8.25. The standard InChI is InChI=1S/C29H47NO8/c1-15-5-8-22-26(4,34)29(37)21(14-30(22)13-15)28(36)11-19-17(27(28,35)12-23(29)32)6-7-18-24(33)20(38-16(2)31)9-10-25(18,19)3/h15,17-24,32-37H,5-14H2,1-4H3/t15-,17+,18+,19+,20+,21-,22-,23+,24+,25+,26-,27+,28+,29-/m1/s1. The number of carbonyl (C=O) groups excluding carboxylic acids is 1. The molecule has 0 aromatic carbocycles. The highest BCUT2D eigenvalue weighted by Gasteiger charge is 2.80. The SMILES string of the molecule is CC(=O)O[C@H]1CC[C@@]2(C)[C@@H](CC[C@H]3[C@@H]2C[C@]2(O)[C@H]4CN5C[C@H](C)CC[C@@H]5[C@@](C)(O)[C@]4(O)[C@@H](O)C[C@]32O)[C@@H]1O. The van der Waals surface area contributed by atoms with Crippen molar-refractivity contribution in [3.8, 4) is 0 Å². The zero-order valence-electron chi connectivity index (χ0n) is 23.2. The third kappa shape index (κ3) is 3.21. The summed E-state index contributed by atoms with van der Waals surface area (Å²) in [5, 5.41) is 71.9. The molecule has 6 aliphatic rings. The van der Waals surface area contributed by atoms with Crippen LogP contribution >= 0.6 is 0 Å². The molecule has 2 saturated heterocycles. The van der Waals surface area contributed by atoms with Crippen LogP contribution in [0.1, 0.15) is 79.1 Å². The predicted octanol–water partition coefficient (Wildman–Crippen LogP) is 0.564. The van der Waals surface area contributed by atoms with E-state index in [1.54, 1.807) is 6.92 Å². The van der Waals surface area contributed by atoms with Gasteiger partial charge in [-0.1, -0.05) is 13.8 Å². The van der Waals surface area contributed by atoms with Gasteiger partial charge in [-0.2, -0.15) is 0 Å². The number of hydrogen-bond acceptors (Lipinski definition) is 9. The Hall–Kier alpha value is -0.810. The zero-order valence-corrected chi connectivity index (χ0v) is 23.2. The van der Waals surface area contributed by atoms with E-state index >= 15 is 0 Å². The molecule has 6 fully saturated rings. The number of nitrogens with zero attached hydrogens (tertiary/aromatic N) is 1. The number of aliphatic hydroxyl groups is 6. The summed E-state index contributed by atoms with van der Waals surface area (Å²) in [7, 11) is 0. The summed E-state index contributed by atoms with van der Waals surface area (Å²) >= 11 is 0. The molecule has 0 aromatic heterocycles. The lowest BCUT2D eigenvalue weighted by molar-refractivity contribution is -0.354. The molecule has 216 valence electrons. The van der Waals surface area contributed by atoms with Gasteiger partial charge in [-0.15, -0.1) is 0 Å². The second-order valence-electron chi connectivity index (χ2n) is 14.5. The minimum Gasteiger partial charge on any atom is -0.460 e. The number of ether oxygens (including phenoxy) is 1. The van der Waals surface area contributed by atoms with Gasteiger partial charge >= 0.3 is 5.97 Å². The second kappa shape index (κ2) is 8.37. The van der Waals surface area contributed by atoms with E-state index in [9.17, 15) is 35.4 Å². The number of carbonyl (C=O) groups is 1. The van der Waals surface area contributed by atoms with Gasteiger partial charge in [0.25, 0.3) is 0 Å². The van der Waals surface area contributed by atoms with Crippen molar-refractivity contribution in [2.75, 3.05) is 13.1 Å². The molecule has 0 aromatic rings. The fourth-order valence-corrected chi connectivity index (χ4v) is 10.9. The van der Waals surface area contributed by atoms with Crippen molar-refractivity contribution in [1.29, 1.82) is 0 Å². The maximum absolute atomic E-state index is 12.6. The van der Waals surface area contributed by atoms with E-state index in [1.165, 1.54) is 6.92 Å². The largest absolute Gasteiger partial charge is 0.460 e. The van der Waals surface area contributed by atoms with Gasteiger partial charge < -0.3 is 35.4 Å². The van der Waals surface area contributed by atoms with Crippen molar-refractivity contribution in [3.63, 3.8) is 0 Å². The molecule has 9 nitrogen and oxygen atoms in total. The molecule has 14 atom stereocenters. The fourth-order valence-electron chi connectivity index (χ4n) is 10.9. The van der Waals surface area contributed by atoms with Crippen LogP contribution in [-0.2, 0) is 9.53 Å². The number of rotatable bonds is 1. The lowest BCUT2D eigenvalue weighted by Crippen LogP contribution is -2.85. The Kier molecular flexibility index (Phi) is 6.02. The molecule has 4 saturated carbocycles. The molecule has 6 N–H and O–H groups in total. The quantitative estimate of drug-likeness (QED) is 0.264. The van der Waals surface area contributed by atoms with Crippen LogP contribution < -0.4 is 0 Å². The Morgan fingerprint density at radius 3 is 2.24 bits per heavy atom. The summed E-state index contributed by atoms with van der Waals surface area (Å²) < 4.78 is 5.44. The highest BCUT2D eigenvalue weighted by atomic mass is 16.6. The first-order valence-corrected chi connectivity index (χ1v) is 14.8. The number of piperidine rings is 2. The topological polar surface area (TPSA) is 151 Å². The minimum absolute atomic E-state index is 0.151. The van der Waals surface area contributed by atoms with Crippen LogP contribution in [0.3, 0.4) is 0 Å². The van der Waals surface area contributed by atoms with Gasteiger partial charge in [0, 0.05) is 38.4 Å². The number of hydrogen-bond donors (Lipinski definition) is 6. The molecule has 38 heavy (non-hydrogen) atoms. The second-order valence-corrected chi connectivity index (χ2v) is 14.5. The fraction of sp³-hybridized carbons (Fsp3) is 0.966. The van der Waals surface area contributed by atoms with Gasteiger partial charge in [0.1, 0.15) is 22.9 Å².